The molecule has 0 bridgehead atoms. The number of para-hydroxylation sites is 1. The van der Waals surface area contributed by atoms with Crippen LogP contribution in [0.2, 0.25) is 0 Å². The van der Waals surface area contributed by atoms with Crippen LogP contribution in [0.15, 0.2) is 58.5 Å². The number of hydrogen-bond acceptors (Lipinski definition) is 5. The van der Waals surface area contributed by atoms with Crippen molar-refractivity contribution < 1.29 is 9.53 Å². The van der Waals surface area contributed by atoms with E-state index in [1.54, 1.807) is 10.6 Å². The first-order valence-electron chi connectivity index (χ1n) is 10.2. The summed E-state index contributed by atoms with van der Waals surface area (Å²) < 4.78 is 6.98. The predicted molar refractivity (Wildman–Crippen MR) is 123 cm³/mol. The molecular formula is C24H28N2O3S. The fourth-order valence-corrected chi connectivity index (χ4v) is 3.91. The Morgan fingerprint density at radius 2 is 1.80 bits per heavy atom. The van der Waals surface area contributed by atoms with Gasteiger partial charge in [-0.2, -0.15) is 0 Å². The molecule has 0 unspecified atom stereocenters. The molecule has 1 heterocycles. The number of ether oxygens (including phenoxy) is 1. The van der Waals surface area contributed by atoms with Gasteiger partial charge in [0.05, 0.1) is 22.3 Å². The Hall–Kier alpha value is -2.60. The van der Waals surface area contributed by atoms with Crippen molar-refractivity contribution >= 4 is 28.6 Å². The molecule has 2 aromatic carbocycles. The van der Waals surface area contributed by atoms with E-state index in [2.05, 4.69) is 18.8 Å². The van der Waals surface area contributed by atoms with Crippen LogP contribution in [0.1, 0.15) is 52.5 Å². The minimum Gasteiger partial charge on any atom is -0.459 e. The largest absolute Gasteiger partial charge is 0.459 e. The van der Waals surface area contributed by atoms with E-state index < -0.39 is 5.60 Å². The van der Waals surface area contributed by atoms with Gasteiger partial charge in [-0.1, -0.05) is 49.9 Å². The summed E-state index contributed by atoms with van der Waals surface area (Å²) in [4.78, 5) is 30.2. The molecule has 6 heteroatoms. The summed E-state index contributed by atoms with van der Waals surface area (Å²) in [5.74, 6) is 0.188. The van der Waals surface area contributed by atoms with Gasteiger partial charge in [-0.15, -0.1) is 0 Å². The van der Waals surface area contributed by atoms with Gasteiger partial charge in [0.15, 0.2) is 5.16 Å². The van der Waals surface area contributed by atoms with Crippen LogP contribution >= 0.6 is 11.8 Å². The zero-order valence-electron chi connectivity index (χ0n) is 18.1. The van der Waals surface area contributed by atoms with Crippen LogP contribution in [0.25, 0.3) is 16.6 Å². The van der Waals surface area contributed by atoms with Crippen LogP contribution in [0.3, 0.4) is 0 Å². The molecule has 0 N–H and O–H groups in total. The Bertz CT molecular complexity index is 1100. The molecule has 0 spiro atoms. The van der Waals surface area contributed by atoms with E-state index in [0.29, 0.717) is 22.0 Å². The fraction of sp³-hybridized carbons (Fsp3) is 0.375. The van der Waals surface area contributed by atoms with Gasteiger partial charge in [0.1, 0.15) is 5.60 Å². The summed E-state index contributed by atoms with van der Waals surface area (Å²) in [6, 6.07) is 15.2. The summed E-state index contributed by atoms with van der Waals surface area (Å²) in [5.41, 5.74) is 1.87. The lowest BCUT2D eigenvalue weighted by molar-refractivity contribution is -0.151. The first kappa shape index (κ1) is 22.1. The number of nitrogens with zero attached hydrogens (tertiary/aromatic N) is 2. The SMILES string of the molecule is CC[C@@H](C)c1ccc(-n2c(SCC(=O)OC(C)(C)C)nc3ccccc3c2=O)cc1. The van der Waals surface area contributed by atoms with Crippen molar-refractivity contribution in [1.29, 1.82) is 0 Å². The Kier molecular flexibility index (Phi) is 6.66. The number of thioether (sulfide) groups is 1. The Labute approximate surface area is 181 Å². The third kappa shape index (κ3) is 5.11. The van der Waals surface area contributed by atoms with Crippen molar-refractivity contribution in [2.24, 2.45) is 0 Å². The van der Waals surface area contributed by atoms with Crippen molar-refractivity contribution in [3.8, 4) is 5.69 Å². The molecule has 0 aliphatic carbocycles. The van der Waals surface area contributed by atoms with Crippen LogP contribution in [-0.4, -0.2) is 26.9 Å². The fourth-order valence-electron chi connectivity index (χ4n) is 3.12. The summed E-state index contributed by atoms with van der Waals surface area (Å²) in [6.45, 7) is 9.83. The van der Waals surface area contributed by atoms with Gasteiger partial charge < -0.3 is 4.74 Å². The quantitative estimate of drug-likeness (QED) is 0.304. The van der Waals surface area contributed by atoms with Gasteiger partial charge in [0.2, 0.25) is 0 Å². The van der Waals surface area contributed by atoms with Crippen molar-refractivity contribution in [2.75, 3.05) is 5.75 Å². The van der Waals surface area contributed by atoms with Gasteiger partial charge in [-0.05, 0) is 62.9 Å². The van der Waals surface area contributed by atoms with Crippen LogP contribution in [0, 0.1) is 0 Å². The Morgan fingerprint density at radius 3 is 2.43 bits per heavy atom. The number of aromatic nitrogens is 2. The molecule has 5 nitrogen and oxygen atoms in total. The van der Waals surface area contributed by atoms with E-state index in [1.165, 1.54) is 17.3 Å². The maximum atomic E-state index is 13.3. The maximum Gasteiger partial charge on any atom is 0.316 e. The third-order valence-electron chi connectivity index (χ3n) is 4.82. The first-order valence-corrected chi connectivity index (χ1v) is 11.1. The smallest absolute Gasteiger partial charge is 0.316 e. The topological polar surface area (TPSA) is 61.2 Å². The number of benzene rings is 2. The lowest BCUT2D eigenvalue weighted by atomic mass is 9.98. The summed E-state index contributed by atoms with van der Waals surface area (Å²) >= 11 is 1.21. The molecule has 3 aromatic rings. The van der Waals surface area contributed by atoms with Crippen molar-refractivity contribution in [1.82, 2.24) is 9.55 Å². The highest BCUT2D eigenvalue weighted by Crippen LogP contribution is 2.24. The maximum absolute atomic E-state index is 13.3. The molecule has 0 aliphatic rings. The van der Waals surface area contributed by atoms with E-state index >= 15 is 0 Å². The molecule has 0 fully saturated rings. The predicted octanol–water partition coefficient (Wildman–Crippen LogP) is 5.33. The summed E-state index contributed by atoms with van der Waals surface area (Å²) in [5, 5.41) is 1.02. The van der Waals surface area contributed by atoms with Crippen LogP contribution in [0.4, 0.5) is 0 Å². The van der Waals surface area contributed by atoms with Gasteiger partial charge >= 0.3 is 5.97 Å². The average Bonchev–Trinajstić information content (AvgIpc) is 2.71. The molecule has 0 amide bonds. The zero-order chi connectivity index (χ0) is 21.9. The minimum atomic E-state index is -0.556. The van der Waals surface area contributed by atoms with E-state index in [1.807, 2.05) is 63.2 Å². The summed E-state index contributed by atoms with van der Waals surface area (Å²) in [6.07, 6.45) is 1.05. The lowest BCUT2D eigenvalue weighted by Crippen LogP contribution is -2.26. The molecule has 0 saturated carbocycles. The number of carbonyl (C=O) groups is 1. The van der Waals surface area contributed by atoms with Crippen molar-refractivity contribution in [3.63, 3.8) is 0 Å². The minimum absolute atomic E-state index is 0.0764. The van der Waals surface area contributed by atoms with Crippen molar-refractivity contribution in [2.45, 2.75) is 57.7 Å². The van der Waals surface area contributed by atoms with Crippen LogP contribution in [0.5, 0.6) is 0 Å². The number of esters is 1. The highest BCUT2D eigenvalue weighted by atomic mass is 32.2. The molecule has 158 valence electrons. The van der Waals surface area contributed by atoms with Gasteiger partial charge in [0.25, 0.3) is 5.56 Å². The average molecular weight is 425 g/mol. The number of rotatable bonds is 6. The van der Waals surface area contributed by atoms with Gasteiger partial charge in [-0.25, -0.2) is 4.98 Å². The summed E-state index contributed by atoms with van der Waals surface area (Å²) in [7, 11) is 0. The number of fused-ring (bicyclic) bond motifs is 1. The monoisotopic (exact) mass is 424 g/mol. The standard InChI is InChI=1S/C24H28N2O3S/c1-6-16(2)17-11-13-18(14-12-17)26-22(28)19-9-7-8-10-20(19)25-23(26)30-15-21(27)29-24(3,4)5/h7-14,16H,6,15H2,1-5H3/t16-/m1/s1. The second kappa shape index (κ2) is 9.04. The molecule has 3 rings (SSSR count). The molecule has 0 saturated heterocycles. The molecule has 30 heavy (non-hydrogen) atoms. The molecule has 1 atom stereocenters. The van der Waals surface area contributed by atoms with Gasteiger partial charge in [-0.3, -0.25) is 14.2 Å². The van der Waals surface area contributed by atoms with Crippen LogP contribution in [-0.2, 0) is 9.53 Å². The van der Waals surface area contributed by atoms with E-state index in [9.17, 15) is 9.59 Å². The van der Waals surface area contributed by atoms with E-state index in [4.69, 9.17) is 4.74 Å². The highest BCUT2D eigenvalue weighted by Gasteiger charge is 2.19. The zero-order valence-corrected chi connectivity index (χ0v) is 19.0. The Balaban J connectivity index is 2.03. The van der Waals surface area contributed by atoms with Crippen LogP contribution < -0.4 is 5.56 Å². The van der Waals surface area contributed by atoms with E-state index in [0.717, 1.165) is 12.1 Å². The molecular weight excluding hydrogens is 396 g/mol. The number of hydrogen-bond donors (Lipinski definition) is 0. The normalized spacial score (nSPS) is 12.7. The van der Waals surface area contributed by atoms with Gasteiger partial charge in [0, 0.05) is 0 Å². The van der Waals surface area contributed by atoms with Crippen molar-refractivity contribution in [3.05, 3.63) is 64.4 Å². The Morgan fingerprint density at radius 1 is 1.13 bits per heavy atom. The lowest BCUT2D eigenvalue weighted by Gasteiger charge is -2.19. The van der Waals surface area contributed by atoms with E-state index in [-0.39, 0.29) is 17.3 Å². The second-order valence-electron chi connectivity index (χ2n) is 8.33. The number of carbonyl (C=O) groups excluding carboxylic acids is 1. The molecule has 0 aliphatic heterocycles. The second-order valence-corrected chi connectivity index (χ2v) is 9.27. The first-order chi connectivity index (χ1) is 14.2. The molecule has 1 aromatic heterocycles. The highest BCUT2D eigenvalue weighted by molar-refractivity contribution is 7.99. The third-order valence-corrected chi connectivity index (χ3v) is 5.73. The molecule has 0 radical (unpaired) electrons.